The van der Waals surface area contributed by atoms with E-state index in [-0.39, 0.29) is 17.6 Å². The molecule has 1 aliphatic rings. The number of nitrogens with one attached hydrogen (secondary N) is 1. The Morgan fingerprint density at radius 3 is 3.00 bits per heavy atom. The quantitative estimate of drug-likeness (QED) is 0.900. The topological polar surface area (TPSA) is 65.7 Å². The molecule has 2 atom stereocenters. The standard InChI is InChI=1S/C18H21FN2O3/c1-12(22)14-4-2-8-21(11-14)18(23)20-16-10-13(6-7-15(16)19)17-5-3-9-24-17/h3,5-7,9-10,12,14,22H,2,4,8,11H2,1H3,(H,20,23). The van der Waals surface area contributed by atoms with Crippen molar-refractivity contribution in [3.8, 4) is 11.3 Å². The van der Waals surface area contributed by atoms with Crippen molar-refractivity contribution < 1.29 is 18.7 Å². The normalized spacial score (nSPS) is 19.1. The number of furan rings is 1. The highest BCUT2D eigenvalue weighted by Crippen LogP contribution is 2.26. The molecular weight excluding hydrogens is 311 g/mol. The zero-order chi connectivity index (χ0) is 17.1. The van der Waals surface area contributed by atoms with Crippen molar-refractivity contribution >= 4 is 11.7 Å². The van der Waals surface area contributed by atoms with Gasteiger partial charge >= 0.3 is 6.03 Å². The largest absolute Gasteiger partial charge is 0.464 e. The van der Waals surface area contributed by atoms with Crippen LogP contribution in [-0.4, -0.2) is 35.2 Å². The zero-order valence-electron chi connectivity index (χ0n) is 13.5. The number of aliphatic hydroxyl groups is 1. The fourth-order valence-electron chi connectivity index (χ4n) is 3.00. The fourth-order valence-corrected chi connectivity index (χ4v) is 3.00. The Labute approximate surface area is 140 Å². The molecule has 0 bridgehead atoms. The first-order chi connectivity index (χ1) is 11.5. The number of halogens is 1. The second-order valence-corrected chi connectivity index (χ2v) is 6.19. The highest BCUT2D eigenvalue weighted by molar-refractivity contribution is 5.90. The van der Waals surface area contributed by atoms with E-state index >= 15 is 0 Å². The zero-order valence-corrected chi connectivity index (χ0v) is 13.5. The Morgan fingerprint density at radius 2 is 2.29 bits per heavy atom. The molecule has 1 saturated heterocycles. The number of likely N-dealkylation sites (tertiary alicyclic amines) is 1. The van der Waals surface area contributed by atoms with E-state index in [1.807, 2.05) is 0 Å². The van der Waals surface area contributed by atoms with Crippen molar-refractivity contribution in [1.29, 1.82) is 0 Å². The number of rotatable bonds is 3. The van der Waals surface area contributed by atoms with Crippen molar-refractivity contribution in [2.75, 3.05) is 18.4 Å². The number of carbonyl (C=O) groups is 1. The number of piperidine rings is 1. The van der Waals surface area contributed by atoms with Crippen LogP contribution in [0.4, 0.5) is 14.9 Å². The summed E-state index contributed by atoms with van der Waals surface area (Å²) < 4.78 is 19.3. The van der Waals surface area contributed by atoms with Gasteiger partial charge in [0, 0.05) is 24.6 Å². The first-order valence-corrected chi connectivity index (χ1v) is 8.12. The van der Waals surface area contributed by atoms with Crippen molar-refractivity contribution in [1.82, 2.24) is 4.90 Å². The maximum Gasteiger partial charge on any atom is 0.321 e. The van der Waals surface area contributed by atoms with Gasteiger partial charge in [0.15, 0.2) is 0 Å². The van der Waals surface area contributed by atoms with Crippen LogP contribution >= 0.6 is 0 Å². The Balaban J connectivity index is 1.73. The van der Waals surface area contributed by atoms with Gasteiger partial charge in [0.25, 0.3) is 0 Å². The summed E-state index contributed by atoms with van der Waals surface area (Å²) >= 11 is 0. The number of carbonyl (C=O) groups excluding carboxylic acids is 1. The molecule has 2 N–H and O–H groups in total. The van der Waals surface area contributed by atoms with Gasteiger partial charge in [0.05, 0.1) is 18.1 Å². The van der Waals surface area contributed by atoms with Gasteiger partial charge in [-0.05, 0) is 50.1 Å². The smallest absolute Gasteiger partial charge is 0.321 e. The lowest BCUT2D eigenvalue weighted by Gasteiger charge is -2.34. The van der Waals surface area contributed by atoms with Crippen LogP contribution in [0.1, 0.15) is 19.8 Å². The molecule has 1 aromatic carbocycles. The Morgan fingerprint density at radius 1 is 1.46 bits per heavy atom. The average Bonchev–Trinajstić information content (AvgIpc) is 3.11. The molecule has 6 heteroatoms. The third kappa shape index (κ3) is 3.59. The highest BCUT2D eigenvalue weighted by Gasteiger charge is 2.26. The molecule has 3 rings (SSSR count). The Hall–Kier alpha value is -2.34. The predicted molar refractivity (Wildman–Crippen MR) is 89.1 cm³/mol. The summed E-state index contributed by atoms with van der Waals surface area (Å²) in [4.78, 5) is 14.1. The van der Waals surface area contributed by atoms with Crippen molar-refractivity contribution in [3.63, 3.8) is 0 Å². The van der Waals surface area contributed by atoms with Crippen LogP contribution in [-0.2, 0) is 0 Å². The number of benzene rings is 1. The molecule has 5 nitrogen and oxygen atoms in total. The Kier molecular flexibility index (Phi) is 4.85. The van der Waals surface area contributed by atoms with Crippen molar-refractivity contribution in [2.24, 2.45) is 5.92 Å². The SMILES string of the molecule is CC(O)C1CCCN(C(=O)Nc2cc(-c3ccco3)ccc2F)C1. The average molecular weight is 332 g/mol. The van der Waals surface area contributed by atoms with Gasteiger partial charge in [0.1, 0.15) is 11.6 Å². The molecule has 2 aromatic rings. The third-order valence-corrected chi connectivity index (χ3v) is 4.44. The minimum atomic E-state index is -0.497. The van der Waals surface area contributed by atoms with Crippen LogP contribution < -0.4 is 5.32 Å². The van der Waals surface area contributed by atoms with Crippen LogP contribution in [0.3, 0.4) is 0 Å². The van der Waals surface area contributed by atoms with E-state index in [4.69, 9.17) is 4.42 Å². The second-order valence-electron chi connectivity index (χ2n) is 6.19. The first-order valence-electron chi connectivity index (χ1n) is 8.12. The van der Waals surface area contributed by atoms with E-state index in [9.17, 15) is 14.3 Å². The number of nitrogens with zero attached hydrogens (tertiary/aromatic N) is 1. The van der Waals surface area contributed by atoms with Crippen LogP contribution in [0.25, 0.3) is 11.3 Å². The molecule has 2 heterocycles. The number of aliphatic hydroxyl groups excluding tert-OH is 1. The lowest BCUT2D eigenvalue weighted by molar-refractivity contribution is 0.0766. The third-order valence-electron chi connectivity index (χ3n) is 4.44. The molecule has 0 saturated carbocycles. The van der Waals surface area contributed by atoms with Crippen LogP contribution in [0, 0.1) is 11.7 Å². The molecule has 2 unspecified atom stereocenters. The summed E-state index contributed by atoms with van der Waals surface area (Å²) in [5, 5.41) is 12.4. The fraction of sp³-hybridized carbons (Fsp3) is 0.389. The minimum Gasteiger partial charge on any atom is -0.464 e. The molecule has 1 aliphatic heterocycles. The Bertz CT molecular complexity index is 700. The first kappa shape index (κ1) is 16.5. The minimum absolute atomic E-state index is 0.0591. The van der Waals surface area contributed by atoms with E-state index < -0.39 is 11.9 Å². The molecule has 2 amide bonds. The van der Waals surface area contributed by atoms with Gasteiger partial charge in [-0.15, -0.1) is 0 Å². The molecule has 1 aromatic heterocycles. The monoisotopic (exact) mass is 332 g/mol. The van der Waals surface area contributed by atoms with Crippen LogP contribution in [0.2, 0.25) is 0 Å². The molecule has 24 heavy (non-hydrogen) atoms. The van der Waals surface area contributed by atoms with Crippen LogP contribution in [0.15, 0.2) is 41.0 Å². The van der Waals surface area contributed by atoms with Gasteiger partial charge in [-0.1, -0.05) is 0 Å². The molecule has 1 fully saturated rings. The van der Waals surface area contributed by atoms with Gasteiger partial charge in [-0.2, -0.15) is 0 Å². The summed E-state index contributed by atoms with van der Waals surface area (Å²) in [6.07, 6.45) is 2.81. The maximum atomic E-state index is 14.0. The molecule has 0 spiro atoms. The highest BCUT2D eigenvalue weighted by atomic mass is 19.1. The van der Waals surface area contributed by atoms with Gasteiger partial charge < -0.3 is 19.7 Å². The molecule has 0 aliphatic carbocycles. The van der Waals surface area contributed by atoms with E-state index in [2.05, 4.69) is 5.32 Å². The number of hydrogen-bond donors (Lipinski definition) is 2. The number of urea groups is 1. The predicted octanol–water partition coefficient (Wildman–Crippen LogP) is 3.71. The lowest BCUT2D eigenvalue weighted by Crippen LogP contribution is -2.44. The van der Waals surface area contributed by atoms with E-state index in [1.54, 1.807) is 42.4 Å². The van der Waals surface area contributed by atoms with Gasteiger partial charge in [-0.3, -0.25) is 0 Å². The van der Waals surface area contributed by atoms with E-state index in [0.717, 1.165) is 12.8 Å². The van der Waals surface area contributed by atoms with Gasteiger partial charge in [-0.25, -0.2) is 9.18 Å². The summed E-state index contributed by atoms with van der Waals surface area (Å²) in [5.41, 5.74) is 0.810. The van der Waals surface area contributed by atoms with E-state index in [1.165, 1.54) is 6.07 Å². The summed E-state index contributed by atoms with van der Waals surface area (Å²) in [7, 11) is 0. The van der Waals surface area contributed by atoms with Crippen LogP contribution in [0.5, 0.6) is 0 Å². The van der Waals surface area contributed by atoms with Gasteiger partial charge in [0.2, 0.25) is 0 Å². The van der Waals surface area contributed by atoms with Crippen molar-refractivity contribution in [3.05, 3.63) is 42.4 Å². The second kappa shape index (κ2) is 7.05. The maximum absolute atomic E-state index is 14.0. The number of anilines is 1. The summed E-state index contributed by atoms with van der Waals surface area (Å²) in [6.45, 7) is 2.82. The lowest BCUT2D eigenvalue weighted by atomic mass is 9.94. The summed E-state index contributed by atoms with van der Waals surface area (Å²) in [5.74, 6) is 0.171. The molecule has 128 valence electrons. The van der Waals surface area contributed by atoms with E-state index in [0.29, 0.717) is 24.4 Å². The number of amides is 2. The summed E-state index contributed by atoms with van der Waals surface area (Å²) in [6, 6.07) is 7.65. The number of hydrogen-bond acceptors (Lipinski definition) is 3. The molecule has 0 radical (unpaired) electrons. The molecular formula is C18H21FN2O3. The van der Waals surface area contributed by atoms with Crippen molar-refractivity contribution in [2.45, 2.75) is 25.9 Å².